The van der Waals surface area contributed by atoms with Crippen LogP contribution in [-0.4, -0.2) is 37.0 Å². The Hall–Kier alpha value is -2.31. The summed E-state index contributed by atoms with van der Waals surface area (Å²) in [5.41, 5.74) is -0.708. The number of rotatable bonds is 6. The van der Waals surface area contributed by atoms with Crippen LogP contribution in [0.15, 0.2) is 23.0 Å². The molecule has 0 radical (unpaired) electrons. The van der Waals surface area contributed by atoms with E-state index in [4.69, 9.17) is 4.42 Å². The average molecular weight is 282 g/mol. The quantitative estimate of drug-likeness (QED) is 0.739. The number of carbonyl (C=O) groups is 3. The number of methoxy groups -OCH3 is 1. The Morgan fingerprint density at radius 2 is 2.05 bits per heavy atom. The van der Waals surface area contributed by atoms with Crippen molar-refractivity contribution in [1.82, 2.24) is 10.6 Å². The van der Waals surface area contributed by atoms with E-state index in [1.807, 2.05) is 0 Å². The standard InChI is InChI=1S/C13H18N2O5/c1-13(2,12(18)19-3)15-10(16)4-6-14-11(17)9-5-7-20-8-9/h5,7-8H,4,6H2,1-3H3,(H,14,17)(H,15,16). The van der Waals surface area contributed by atoms with E-state index < -0.39 is 11.5 Å². The predicted molar refractivity (Wildman–Crippen MR) is 69.9 cm³/mol. The number of nitrogens with one attached hydrogen (secondary N) is 2. The first-order chi connectivity index (χ1) is 9.36. The molecule has 0 fully saturated rings. The number of hydrogen-bond donors (Lipinski definition) is 2. The number of furan rings is 1. The number of esters is 1. The summed E-state index contributed by atoms with van der Waals surface area (Å²) in [6.45, 7) is 3.24. The molecule has 20 heavy (non-hydrogen) atoms. The van der Waals surface area contributed by atoms with Gasteiger partial charge in [0.2, 0.25) is 5.91 Å². The van der Waals surface area contributed by atoms with Crippen molar-refractivity contribution in [3.8, 4) is 0 Å². The maximum atomic E-state index is 11.7. The van der Waals surface area contributed by atoms with Gasteiger partial charge in [-0.15, -0.1) is 0 Å². The minimum absolute atomic E-state index is 0.0595. The van der Waals surface area contributed by atoms with Crippen LogP contribution in [-0.2, 0) is 14.3 Å². The highest BCUT2D eigenvalue weighted by atomic mass is 16.5. The summed E-state index contributed by atoms with van der Waals surface area (Å²) < 4.78 is 9.35. The molecule has 0 aliphatic carbocycles. The normalized spacial score (nSPS) is 10.8. The second kappa shape index (κ2) is 6.74. The fourth-order valence-electron chi connectivity index (χ4n) is 1.50. The smallest absolute Gasteiger partial charge is 0.330 e. The molecule has 1 rings (SSSR count). The van der Waals surface area contributed by atoms with E-state index in [1.165, 1.54) is 25.7 Å². The third-order valence-electron chi connectivity index (χ3n) is 2.57. The fourth-order valence-corrected chi connectivity index (χ4v) is 1.50. The lowest BCUT2D eigenvalue weighted by molar-refractivity contribution is -0.149. The van der Waals surface area contributed by atoms with Crippen LogP contribution in [0.1, 0.15) is 30.6 Å². The third kappa shape index (κ3) is 4.42. The monoisotopic (exact) mass is 282 g/mol. The van der Waals surface area contributed by atoms with E-state index in [2.05, 4.69) is 15.4 Å². The second-order valence-corrected chi connectivity index (χ2v) is 4.68. The molecule has 2 N–H and O–H groups in total. The highest BCUT2D eigenvalue weighted by molar-refractivity contribution is 5.94. The maximum Gasteiger partial charge on any atom is 0.330 e. The molecule has 2 amide bonds. The van der Waals surface area contributed by atoms with Gasteiger partial charge in [-0.25, -0.2) is 4.79 Å². The van der Waals surface area contributed by atoms with Crippen LogP contribution in [0.25, 0.3) is 0 Å². The average Bonchev–Trinajstić information content (AvgIpc) is 2.90. The van der Waals surface area contributed by atoms with E-state index in [0.717, 1.165) is 0 Å². The molecule has 7 nitrogen and oxygen atoms in total. The van der Waals surface area contributed by atoms with Gasteiger partial charge in [0.15, 0.2) is 0 Å². The summed E-state index contributed by atoms with van der Waals surface area (Å²) >= 11 is 0. The van der Waals surface area contributed by atoms with Gasteiger partial charge < -0.3 is 19.8 Å². The maximum absolute atomic E-state index is 11.7. The summed E-state index contributed by atoms with van der Waals surface area (Å²) in [6, 6.07) is 1.52. The first-order valence-corrected chi connectivity index (χ1v) is 6.06. The van der Waals surface area contributed by atoms with Crippen molar-refractivity contribution >= 4 is 17.8 Å². The molecule has 0 atom stereocenters. The summed E-state index contributed by atoms with van der Waals surface area (Å²) in [5, 5.41) is 5.10. The fraction of sp³-hybridized carbons (Fsp3) is 0.462. The Morgan fingerprint density at radius 1 is 1.35 bits per heavy atom. The van der Waals surface area contributed by atoms with E-state index >= 15 is 0 Å². The van der Waals surface area contributed by atoms with Gasteiger partial charge in [0.05, 0.1) is 18.9 Å². The lowest BCUT2D eigenvalue weighted by Crippen LogP contribution is -2.50. The van der Waals surface area contributed by atoms with Crippen LogP contribution in [0.2, 0.25) is 0 Å². The van der Waals surface area contributed by atoms with Crippen molar-refractivity contribution in [3.63, 3.8) is 0 Å². The molecule has 0 unspecified atom stereocenters. The second-order valence-electron chi connectivity index (χ2n) is 4.68. The van der Waals surface area contributed by atoms with Crippen molar-refractivity contribution < 1.29 is 23.5 Å². The summed E-state index contributed by atoms with van der Waals surface area (Å²) in [6.07, 6.45) is 2.76. The molecule has 0 aliphatic rings. The van der Waals surface area contributed by atoms with E-state index in [9.17, 15) is 14.4 Å². The molecule has 7 heteroatoms. The van der Waals surface area contributed by atoms with Gasteiger partial charge in [-0.1, -0.05) is 0 Å². The van der Waals surface area contributed by atoms with Crippen LogP contribution >= 0.6 is 0 Å². The molecule has 0 bridgehead atoms. The van der Waals surface area contributed by atoms with Crippen LogP contribution in [0.4, 0.5) is 0 Å². The Labute approximate surface area is 116 Å². The molecular weight excluding hydrogens is 264 g/mol. The van der Waals surface area contributed by atoms with E-state index in [-0.39, 0.29) is 24.8 Å². The topological polar surface area (TPSA) is 97.6 Å². The Morgan fingerprint density at radius 3 is 2.60 bits per heavy atom. The molecule has 0 aromatic carbocycles. The number of ether oxygens (including phenoxy) is 1. The van der Waals surface area contributed by atoms with Gasteiger partial charge >= 0.3 is 5.97 Å². The van der Waals surface area contributed by atoms with Crippen molar-refractivity contribution in [1.29, 1.82) is 0 Å². The van der Waals surface area contributed by atoms with Crippen molar-refractivity contribution in [3.05, 3.63) is 24.2 Å². The van der Waals surface area contributed by atoms with Gasteiger partial charge in [-0.2, -0.15) is 0 Å². The third-order valence-corrected chi connectivity index (χ3v) is 2.57. The van der Waals surface area contributed by atoms with Crippen LogP contribution in [0.5, 0.6) is 0 Å². The minimum Gasteiger partial charge on any atom is -0.472 e. The van der Waals surface area contributed by atoms with E-state index in [0.29, 0.717) is 5.56 Å². The zero-order valence-electron chi connectivity index (χ0n) is 11.7. The van der Waals surface area contributed by atoms with Gasteiger partial charge in [0.25, 0.3) is 5.91 Å². The Balaban J connectivity index is 2.34. The first-order valence-electron chi connectivity index (χ1n) is 6.06. The molecule has 0 saturated heterocycles. The largest absolute Gasteiger partial charge is 0.472 e. The summed E-state index contributed by atoms with van der Waals surface area (Å²) in [5.74, 6) is -1.21. The number of amides is 2. The molecule has 1 aromatic heterocycles. The minimum atomic E-state index is -1.10. The Kier molecular flexibility index (Phi) is 5.31. The summed E-state index contributed by atoms with van der Waals surface area (Å²) in [7, 11) is 1.25. The van der Waals surface area contributed by atoms with Crippen molar-refractivity contribution in [2.75, 3.05) is 13.7 Å². The van der Waals surface area contributed by atoms with Gasteiger partial charge in [0.1, 0.15) is 11.8 Å². The molecule has 1 aromatic rings. The first kappa shape index (κ1) is 15.7. The molecule has 110 valence electrons. The zero-order valence-corrected chi connectivity index (χ0v) is 11.7. The van der Waals surface area contributed by atoms with Gasteiger partial charge in [-0.05, 0) is 19.9 Å². The molecule has 0 aliphatic heterocycles. The molecule has 1 heterocycles. The lowest BCUT2D eigenvalue weighted by Gasteiger charge is -2.23. The lowest BCUT2D eigenvalue weighted by atomic mass is 10.1. The molecule has 0 spiro atoms. The zero-order chi connectivity index (χ0) is 15.2. The van der Waals surface area contributed by atoms with Gasteiger partial charge in [-0.3, -0.25) is 9.59 Å². The highest BCUT2D eigenvalue weighted by Gasteiger charge is 2.30. The molecular formula is C13H18N2O5. The Bertz CT molecular complexity index is 479. The van der Waals surface area contributed by atoms with Gasteiger partial charge in [0, 0.05) is 13.0 Å². The van der Waals surface area contributed by atoms with Crippen LogP contribution < -0.4 is 10.6 Å². The van der Waals surface area contributed by atoms with E-state index in [1.54, 1.807) is 13.8 Å². The number of carbonyl (C=O) groups excluding carboxylic acids is 3. The number of hydrogen-bond acceptors (Lipinski definition) is 5. The van der Waals surface area contributed by atoms with Crippen LogP contribution in [0.3, 0.4) is 0 Å². The van der Waals surface area contributed by atoms with Crippen molar-refractivity contribution in [2.45, 2.75) is 25.8 Å². The molecule has 0 saturated carbocycles. The van der Waals surface area contributed by atoms with Crippen molar-refractivity contribution in [2.24, 2.45) is 0 Å². The van der Waals surface area contributed by atoms with Crippen LogP contribution in [0, 0.1) is 0 Å². The predicted octanol–water partition coefficient (Wildman–Crippen LogP) is 0.467. The summed E-state index contributed by atoms with van der Waals surface area (Å²) in [4.78, 5) is 34.6. The highest BCUT2D eigenvalue weighted by Crippen LogP contribution is 2.04. The SMILES string of the molecule is COC(=O)C(C)(C)NC(=O)CCNC(=O)c1ccoc1.